The number of pyridine rings is 1. The summed E-state index contributed by atoms with van der Waals surface area (Å²) in [4.78, 5) is 14.3. The van der Waals surface area contributed by atoms with Crippen LogP contribution in [-0.4, -0.2) is 25.8 Å². The fraction of sp³-hybridized carbons (Fsp3) is 0.182. The van der Waals surface area contributed by atoms with E-state index < -0.39 is 17.8 Å². The van der Waals surface area contributed by atoms with Crippen molar-refractivity contribution in [1.82, 2.24) is 14.8 Å². The van der Waals surface area contributed by atoms with Crippen LogP contribution in [0.5, 0.6) is 0 Å². The number of rotatable bonds is 3. The molecule has 19 heavy (non-hydrogen) atoms. The van der Waals surface area contributed by atoms with Crippen LogP contribution < -0.4 is 0 Å². The van der Waals surface area contributed by atoms with Gasteiger partial charge >= 0.3 is 12.1 Å². The Morgan fingerprint density at radius 2 is 2.11 bits per heavy atom. The summed E-state index contributed by atoms with van der Waals surface area (Å²) in [7, 11) is 0. The number of hydrogen-bond donors (Lipinski definition) is 1. The molecule has 0 saturated carbocycles. The van der Waals surface area contributed by atoms with Gasteiger partial charge < -0.3 is 5.11 Å². The van der Waals surface area contributed by atoms with Crippen LogP contribution in [0.2, 0.25) is 0 Å². The molecule has 0 aliphatic carbocycles. The molecule has 0 bridgehead atoms. The van der Waals surface area contributed by atoms with Gasteiger partial charge in [0.15, 0.2) is 5.69 Å². The summed E-state index contributed by atoms with van der Waals surface area (Å²) in [6.07, 6.45) is -2.02. The van der Waals surface area contributed by atoms with Gasteiger partial charge in [0.05, 0.1) is 6.54 Å². The first-order chi connectivity index (χ1) is 8.86. The monoisotopic (exact) mass is 271 g/mol. The molecule has 8 heteroatoms. The third kappa shape index (κ3) is 3.09. The summed E-state index contributed by atoms with van der Waals surface area (Å²) >= 11 is 0. The summed E-state index contributed by atoms with van der Waals surface area (Å²) in [6, 6.07) is 3.66. The minimum atomic E-state index is -4.49. The SMILES string of the molecule is O=C(O)c1cc(Cn2ccc(C(F)(F)F)n2)ccn1. The normalized spacial score (nSPS) is 11.5. The molecular formula is C11H8F3N3O2. The maximum atomic E-state index is 12.3. The highest BCUT2D eigenvalue weighted by atomic mass is 19.4. The smallest absolute Gasteiger partial charge is 0.435 e. The number of carboxylic acids is 1. The number of nitrogens with zero attached hydrogens (tertiary/aromatic N) is 3. The molecule has 2 aromatic rings. The molecular weight excluding hydrogens is 263 g/mol. The summed E-state index contributed by atoms with van der Waals surface area (Å²) in [5.74, 6) is -1.20. The Morgan fingerprint density at radius 3 is 2.68 bits per heavy atom. The highest BCUT2D eigenvalue weighted by Gasteiger charge is 2.33. The molecule has 0 aliphatic heterocycles. The topological polar surface area (TPSA) is 68.0 Å². The number of carboxylic acid groups (broad SMARTS) is 1. The van der Waals surface area contributed by atoms with Crippen molar-refractivity contribution in [3.05, 3.63) is 47.5 Å². The Morgan fingerprint density at radius 1 is 1.37 bits per heavy atom. The quantitative estimate of drug-likeness (QED) is 0.927. The van der Waals surface area contributed by atoms with Crippen molar-refractivity contribution in [2.45, 2.75) is 12.7 Å². The zero-order valence-electron chi connectivity index (χ0n) is 9.42. The van der Waals surface area contributed by atoms with Crippen LogP contribution >= 0.6 is 0 Å². The predicted octanol–water partition coefficient (Wildman–Crippen LogP) is 2.04. The number of aromatic nitrogens is 3. The van der Waals surface area contributed by atoms with E-state index in [2.05, 4.69) is 10.1 Å². The lowest BCUT2D eigenvalue weighted by Crippen LogP contribution is -2.09. The number of alkyl halides is 3. The minimum Gasteiger partial charge on any atom is -0.477 e. The van der Waals surface area contributed by atoms with E-state index in [0.29, 0.717) is 5.56 Å². The lowest BCUT2D eigenvalue weighted by Gasteiger charge is -2.04. The number of hydrogen-bond acceptors (Lipinski definition) is 3. The second-order valence-electron chi connectivity index (χ2n) is 3.75. The van der Waals surface area contributed by atoms with Crippen molar-refractivity contribution in [1.29, 1.82) is 0 Å². The lowest BCUT2D eigenvalue weighted by atomic mass is 10.2. The summed E-state index contributed by atoms with van der Waals surface area (Å²) < 4.78 is 38.1. The summed E-state index contributed by atoms with van der Waals surface area (Å²) in [5.41, 5.74) is -0.648. The third-order valence-corrected chi connectivity index (χ3v) is 2.32. The largest absolute Gasteiger partial charge is 0.477 e. The van der Waals surface area contributed by atoms with Crippen molar-refractivity contribution >= 4 is 5.97 Å². The van der Waals surface area contributed by atoms with E-state index >= 15 is 0 Å². The van der Waals surface area contributed by atoms with Crippen molar-refractivity contribution in [2.24, 2.45) is 0 Å². The van der Waals surface area contributed by atoms with Gasteiger partial charge in [-0.2, -0.15) is 18.3 Å². The molecule has 0 atom stereocenters. The van der Waals surface area contributed by atoms with E-state index in [1.165, 1.54) is 24.5 Å². The zero-order valence-corrected chi connectivity index (χ0v) is 9.42. The molecule has 0 saturated heterocycles. The van der Waals surface area contributed by atoms with E-state index in [1.54, 1.807) is 0 Å². The summed E-state index contributed by atoms with van der Waals surface area (Å²) in [5, 5.41) is 12.1. The van der Waals surface area contributed by atoms with Gasteiger partial charge in [0, 0.05) is 12.4 Å². The van der Waals surface area contributed by atoms with Crippen molar-refractivity contribution in [3.8, 4) is 0 Å². The zero-order chi connectivity index (χ0) is 14.0. The van der Waals surface area contributed by atoms with Crippen LogP contribution in [0.3, 0.4) is 0 Å². The molecule has 0 unspecified atom stereocenters. The Hall–Kier alpha value is -2.38. The molecule has 0 aliphatic rings. The van der Waals surface area contributed by atoms with Gasteiger partial charge in [0.2, 0.25) is 0 Å². The molecule has 0 radical (unpaired) electrons. The van der Waals surface area contributed by atoms with Crippen LogP contribution in [0.25, 0.3) is 0 Å². The Balaban J connectivity index is 2.19. The van der Waals surface area contributed by atoms with E-state index in [4.69, 9.17) is 5.11 Å². The van der Waals surface area contributed by atoms with Crippen molar-refractivity contribution < 1.29 is 23.1 Å². The van der Waals surface area contributed by atoms with Crippen molar-refractivity contribution in [2.75, 3.05) is 0 Å². The Bertz CT molecular complexity index is 607. The Labute approximate surface area is 105 Å². The molecule has 5 nitrogen and oxygen atoms in total. The van der Waals surface area contributed by atoms with E-state index in [0.717, 1.165) is 10.7 Å². The van der Waals surface area contributed by atoms with Gasteiger partial charge in [-0.25, -0.2) is 9.78 Å². The third-order valence-electron chi connectivity index (χ3n) is 2.32. The molecule has 0 fully saturated rings. The maximum absolute atomic E-state index is 12.3. The van der Waals surface area contributed by atoms with Gasteiger partial charge in [0.25, 0.3) is 0 Å². The lowest BCUT2D eigenvalue weighted by molar-refractivity contribution is -0.141. The highest BCUT2D eigenvalue weighted by Crippen LogP contribution is 2.27. The summed E-state index contributed by atoms with van der Waals surface area (Å²) in [6.45, 7) is 0.0406. The average Bonchev–Trinajstić information content (AvgIpc) is 2.77. The van der Waals surface area contributed by atoms with Gasteiger partial charge in [-0.15, -0.1) is 0 Å². The van der Waals surface area contributed by atoms with Crippen LogP contribution in [-0.2, 0) is 12.7 Å². The first-order valence-electron chi connectivity index (χ1n) is 5.15. The van der Waals surface area contributed by atoms with E-state index in [9.17, 15) is 18.0 Å². The van der Waals surface area contributed by atoms with E-state index in [-0.39, 0.29) is 12.2 Å². The highest BCUT2D eigenvalue weighted by molar-refractivity contribution is 5.85. The van der Waals surface area contributed by atoms with Gasteiger partial charge in [0.1, 0.15) is 5.69 Å². The fourth-order valence-electron chi connectivity index (χ4n) is 1.48. The molecule has 1 N–H and O–H groups in total. The predicted molar refractivity (Wildman–Crippen MR) is 57.5 cm³/mol. The number of halogens is 3. The molecule has 2 aromatic heterocycles. The molecule has 0 amide bonds. The molecule has 0 spiro atoms. The first-order valence-corrected chi connectivity index (χ1v) is 5.15. The fourth-order valence-corrected chi connectivity index (χ4v) is 1.48. The van der Waals surface area contributed by atoms with E-state index in [1.807, 2.05) is 0 Å². The molecule has 2 heterocycles. The van der Waals surface area contributed by atoms with Crippen LogP contribution in [0.15, 0.2) is 30.6 Å². The van der Waals surface area contributed by atoms with Gasteiger partial charge in [-0.3, -0.25) is 4.68 Å². The number of aromatic carboxylic acids is 1. The van der Waals surface area contributed by atoms with Gasteiger partial charge in [-0.1, -0.05) is 0 Å². The number of carbonyl (C=O) groups is 1. The van der Waals surface area contributed by atoms with Crippen LogP contribution in [0.4, 0.5) is 13.2 Å². The minimum absolute atomic E-state index is 0.0406. The van der Waals surface area contributed by atoms with Crippen molar-refractivity contribution in [3.63, 3.8) is 0 Å². The molecule has 0 aromatic carbocycles. The molecule has 100 valence electrons. The maximum Gasteiger partial charge on any atom is 0.435 e. The Kier molecular flexibility index (Phi) is 3.24. The van der Waals surface area contributed by atoms with Crippen LogP contribution in [0.1, 0.15) is 21.7 Å². The molecule has 2 rings (SSSR count). The standard InChI is InChI=1S/C11H8F3N3O2/c12-11(13,14)9-2-4-17(16-9)6-7-1-3-15-8(5-7)10(18)19/h1-5H,6H2,(H,18,19). The second kappa shape index (κ2) is 4.71. The van der Waals surface area contributed by atoms with Crippen LogP contribution in [0, 0.1) is 0 Å². The first kappa shape index (κ1) is 13.1. The average molecular weight is 271 g/mol. The second-order valence-corrected chi connectivity index (χ2v) is 3.75. The van der Waals surface area contributed by atoms with Gasteiger partial charge in [-0.05, 0) is 23.8 Å².